The van der Waals surface area contributed by atoms with E-state index in [9.17, 15) is 5.11 Å². The number of anilines is 1. The molecule has 2 unspecified atom stereocenters. The molecular weight excluding hydrogens is 318 g/mol. The molecule has 0 saturated carbocycles. The van der Waals surface area contributed by atoms with Gasteiger partial charge in [-0.1, -0.05) is 47.6 Å². The number of aliphatic hydroxyl groups is 1. The van der Waals surface area contributed by atoms with Crippen LogP contribution in [0.2, 0.25) is 0 Å². The maximum absolute atomic E-state index is 10.4. The summed E-state index contributed by atoms with van der Waals surface area (Å²) in [5.41, 5.74) is 1.87. The van der Waals surface area contributed by atoms with Crippen LogP contribution < -0.4 is 10.1 Å². The van der Waals surface area contributed by atoms with Crippen LogP contribution in [0.25, 0.3) is 11.4 Å². The molecule has 25 heavy (non-hydrogen) atoms. The highest BCUT2D eigenvalue weighted by atomic mass is 16.5. The lowest BCUT2D eigenvalue weighted by Crippen LogP contribution is -2.32. The third-order valence-electron chi connectivity index (χ3n) is 3.97. The molecule has 3 aromatic rings. The van der Waals surface area contributed by atoms with Gasteiger partial charge >= 0.3 is 6.01 Å². The van der Waals surface area contributed by atoms with E-state index >= 15 is 0 Å². The predicted octanol–water partition coefficient (Wildman–Crippen LogP) is 3.15. The number of ether oxygens (including phenoxy) is 1. The van der Waals surface area contributed by atoms with Crippen molar-refractivity contribution in [2.45, 2.75) is 25.5 Å². The zero-order chi connectivity index (χ0) is 17.6. The topological polar surface area (TPSA) is 80.4 Å². The molecule has 0 aliphatic heterocycles. The molecule has 6 nitrogen and oxygen atoms in total. The Balaban J connectivity index is 1.64. The van der Waals surface area contributed by atoms with Crippen molar-refractivity contribution in [1.82, 2.24) is 10.1 Å². The number of hydrogen-bond acceptors (Lipinski definition) is 6. The Labute approximate surface area is 146 Å². The van der Waals surface area contributed by atoms with Crippen LogP contribution in [0.1, 0.15) is 12.5 Å². The van der Waals surface area contributed by atoms with Gasteiger partial charge in [0.15, 0.2) is 0 Å². The summed E-state index contributed by atoms with van der Waals surface area (Å²) in [7, 11) is 1.61. The standard InChI is InChI=1S/C19H21N3O3/c1-13(17(23)11-14-7-4-3-5-8-14)20-19-21-18(22-25-19)15-9-6-10-16(12-15)24-2/h3-10,12-13,17,23H,11H2,1-2H3,(H,20,21,22). The summed E-state index contributed by atoms with van der Waals surface area (Å²) in [6, 6.07) is 17.3. The second-order valence-electron chi connectivity index (χ2n) is 5.85. The smallest absolute Gasteiger partial charge is 0.322 e. The van der Waals surface area contributed by atoms with Gasteiger partial charge in [-0.25, -0.2) is 0 Å². The molecule has 0 radical (unpaired) electrons. The zero-order valence-corrected chi connectivity index (χ0v) is 14.2. The maximum Gasteiger partial charge on any atom is 0.322 e. The monoisotopic (exact) mass is 339 g/mol. The molecule has 0 spiro atoms. The van der Waals surface area contributed by atoms with E-state index < -0.39 is 6.10 Å². The molecule has 2 atom stereocenters. The summed E-state index contributed by atoms with van der Waals surface area (Å²) in [5.74, 6) is 1.19. The number of aromatic nitrogens is 2. The Hall–Kier alpha value is -2.86. The van der Waals surface area contributed by atoms with E-state index in [1.807, 2.05) is 61.5 Å². The van der Waals surface area contributed by atoms with Crippen molar-refractivity contribution >= 4 is 6.01 Å². The van der Waals surface area contributed by atoms with Crippen LogP contribution in [0.3, 0.4) is 0 Å². The first-order valence-corrected chi connectivity index (χ1v) is 8.12. The zero-order valence-electron chi connectivity index (χ0n) is 14.2. The number of hydrogen-bond donors (Lipinski definition) is 2. The third kappa shape index (κ3) is 4.36. The fraction of sp³-hybridized carbons (Fsp3) is 0.263. The Morgan fingerprint density at radius 3 is 2.72 bits per heavy atom. The first-order valence-electron chi connectivity index (χ1n) is 8.12. The Kier molecular flexibility index (Phi) is 5.30. The van der Waals surface area contributed by atoms with Crippen molar-refractivity contribution in [1.29, 1.82) is 0 Å². The summed E-state index contributed by atoms with van der Waals surface area (Å²) in [5, 5.41) is 17.4. The fourth-order valence-electron chi connectivity index (χ4n) is 2.48. The number of benzene rings is 2. The third-order valence-corrected chi connectivity index (χ3v) is 3.97. The summed E-state index contributed by atoms with van der Waals surface area (Å²) in [6.45, 7) is 1.88. The van der Waals surface area contributed by atoms with E-state index in [4.69, 9.17) is 9.26 Å². The maximum atomic E-state index is 10.4. The van der Waals surface area contributed by atoms with Crippen LogP contribution >= 0.6 is 0 Å². The molecule has 0 amide bonds. The van der Waals surface area contributed by atoms with Gasteiger partial charge in [0.1, 0.15) is 5.75 Å². The summed E-state index contributed by atoms with van der Waals surface area (Å²) >= 11 is 0. The van der Waals surface area contributed by atoms with Crippen LogP contribution in [0.5, 0.6) is 5.75 Å². The lowest BCUT2D eigenvalue weighted by atomic mass is 10.0. The van der Waals surface area contributed by atoms with E-state index in [2.05, 4.69) is 15.5 Å². The van der Waals surface area contributed by atoms with Crippen molar-refractivity contribution in [2.75, 3.05) is 12.4 Å². The van der Waals surface area contributed by atoms with Gasteiger partial charge in [0, 0.05) is 12.0 Å². The minimum Gasteiger partial charge on any atom is -0.497 e. The van der Waals surface area contributed by atoms with Gasteiger partial charge in [0.2, 0.25) is 5.82 Å². The highest BCUT2D eigenvalue weighted by Gasteiger charge is 2.18. The molecular formula is C19H21N3O3. The van der Waals surface area contributed by atoms with Crippen molar-refractivity contribution in [3.05, 3.63) is 60.2 Å². The van der Waals surface area contributed by atoms with Gasteiger partial charge in [0.05, 0.1) is 19.3 Å². The highest BCUT2D eigenvalue weighted by Crippen LogP contribution is 2.22. The second kappa shape index (κ2) is 7.81. The predicted molar refractivity (Wildman–Crippen MR) is 95.5 cm³/mol. The van der Waals surface area contributed by atoms with E-state index in [1.165, 1.54) is 0 Å². The molecule has 2 aromatic carbocycles. The molecule has 0 aliphatic carbocycles. The van der Waals surface area contributed by atoms with Crippen molar-refractivity contribution in [2.24, 2.45) is 0 Å². The molecule has 0 fully saturated rings. The normalized spacial score (nSPS) is 13.2. The quantitative estimate of drug-likeness (QED) is 0.688. The van der Waals surface area contributed by atoms with Gasteiger partial charge in [-0.05, 0) is 24.6 Å². The molecule has 1 heterocycles. The molecule has 6 heteroatoms. The van der Waals surface area contributed by atoms with Crippen LogP contribution in [0.4, 0.5) is 6.01 Å². The van der Waals surface area contributed by atoms with Gasteiger partial charge < -0.3 is 19.7 Å². The molecule has 2 N–H and O–H groups in total. The van der Waals surface area contributed by atoms with Gasteiger partial charge in [-0.3, -0.25) is 0 Å². The van der Waals surface area contributed by atoms with Crippen LogP contribution in [-0.2, 0) is 6.42 Å². The SMILES string of the molecule is COc1cccc(-c2noc(NC(C)C(O)Cc3ccccc3)n2)c1. The molecule has 130 valence electrons. The van der Waals surface area contributed by atoms with Crippen LogP contribution in [0, 0.1) is 0 Å². The number of nitrogens with zero attached hydrogens (tertiary/aromatic N) is 2. The molecule has 0 aliphatic rings. The number of nitrogens with one attached hydrogen (secondary N) is 1. The Bertz CT molecular complexity index is 804. The molecule has 3 rings (SSSR count). The lowest BCUT2D eigenvalue weighted by molar-refractivity contribution is 0.157. The first-order chi connectivity index (χ1) is 12.2. The highest BCUT2D eigenvalue weighted by molar-refractivity contribution is 5.57. The van der Waals surface area contributed by atoms with E-state index in [1.54, 1.807) is 7.11 Å². The van der Waals surface area contributed by atoms with E-state index in [0.717, 1.165) is 16.9 Å². The average molecular weight is 339 g/mol. The van der Waals surface area contributed by atoms with Crippen molar-refractivity contribution in [3.63, 3.8) is 0 Å². The van der Waals surface area contributed by atoms with Gasteiger partial charge in [-0.15, -0.1) is 0 Å². The van der Waals surface area contributed by atoms with Crippen LogP contribution in [0.15, 0.2) is 59.1 Å². The van der Waals surface area contributed by atoms with Crippen LogP contribution in [-0.4, -0.2) is 34.5 Å². The Morgan fingerprint density at radius 2 is 1.96 bits per heavy atom. The van der Waals surface area contributed by atoms with Gasteiger partial charge in [-0.2, -0.15) is 4.98 Å². The second-order valence-corrected chi connectivity index (χ2v) is 5.85. The molecule has 0 saturated heterocycles. The van der Waals surface area contributed by atoms with E-state index in [0.29, 0.717) is 12.2 Å². The summed E-state index contributed by atoms with van der Waals surface area (Å²) in [6.07, 6.45) is -0.0270. The first kappa shape index (κ1) is 17.0. The molecule has 0 bridgehead atoms. The lowest BCUT2D eigenvalue weighted by Gasteiger charge is -2.18. The Morgan fingerprint density at radius 1 is 1.16 bits per heavy atom. The number of rotatable bonds is 7. The average Bonchev–Trinajstić information content (AvgIpc) is 3.11. The largest absolute Gasteiger partial charge is 0.497 e. The number of methoxy groups -OCH3 is 1. The van der Waals surface area contributed by atoms with Gasteiger partial charge in [0.25, 0.3) is 0 Å². The minimum atomic E-state index is -0.574. The minimum absolute atomic E-state index is 0.237. The number of aliphatic hydroxyl groups excluding tert-OH is 1. The summed E-state index contributed by atoms with van der Waals surface area (Å²) < 4.78 is 10.4. The van der Waals surface area contributed by atoms with Crippen molar-refractivity contribution in [3.8, 4) is 17.1 Å². The van der Waals surface area contributed by atoms with E-state index in [-0.39, 0.29) is 12.1 Å². The molecule has 1 aromatic heterocycles. The van der Waals surface area contributed by atoms with Crippen molar-refractivity contribution < 1.29 is 14.4 Å². The summed E-state index contributed by atoms with van der Waals surface area (Å²) in [4.78, 5) is 4.33. The fourth-order valence-corrected chi connectivity index (χ4v) is 2.48.